The first-order valence-corrected chi connectivity index (χ1v) is 8.64. The summed E-state index contributed by atoms with van der Waals surface area (Å²) in [5, 5.41) is 0. The highest BCUT2D eigenvalue weighted by Gasteiger charge is 2.38. The molecule has 0 spiro atoms. The molecule has 1 saturated heterocycles. The van der Waals surface area contributed by atoms with Crippen LogP contribution in [-0.4, -0.2) is 24.0 Å². The van der Waals surface area contributed by atoms with Crippen LogP contribution in [0.15, 0.2) is 27.1 Å². The van der Waals surface area contributed by atoms with Crippen molar-refractivity contribution < 1.29 is 0 Å². The molecule has 0 amide bonds. The van der Waals surface area contributed by atoms with Crippen molar-refractivity contribution in [3.63, 3.8) is 0 Å². The second kappa shape index (κ2) is 5.84. The number of nitrogens with two attached hydrogens (primary N) is 1. The van der Waals surface area contributed by atoms with E-state index in [9.17, 15) is 0 Å². The van der Waals surface area contributed by atoms with E-state index in [0.29, 0.717) is 6.04 Å². The first-order chi connectivity index (χ1) is 9.13. The predicted octanol–water partition coefficient (Wildman–Crippen LogP) is 3.77. The van der Waals surface area contributed by atoms with Crippen LogP contribution in [0.1, 0.15) is 24.8 Å². The number of fused-ring (bicyclic) bond motifs is 1. The van der Waals surface area contributed by atoms with Crippen molar-refractivity contribution in [2.75, 3.05) is 13.1 Å². The molecular weight excluding hydrogens is 368 g/mol. The van der Waals surface area contributed by atoms with Gasteiger partial charge in [0.2, 0.25) is 0 Å². The molecule has 3 rings (SSSR count). The third-order valence-corrected chi connectivity index (χ3v) is 6.50. The Morgan fingerprint density at radius 2 is 2.00 bits per heavy atom. The minimum absolute atomic E-state index is 0.431. The first kappa shape index (κ1) is 14.1. The van der Waals surface area contributed by atoms with Crippen molar-refractivity contribution in [2.45, 2.75) is 31.8 Å². The Balaban J connectivity index is 1.66. The fourth-order valence-corrected chi connectivity index (χ4v) is 4.31. The van der Waals surface area contributed by atoms with Crippen LogP contribution in [0.25, 0.3) is 0 Å². The van der Waals surface area contributed by atoms with Gasteiger partial charge in [-0.1, -0.05) is 12.5 Å². The zero-order valence-electron chi connectivity index (χ0n) is 11.0. The predicted molar refractivity (Wildman–Crippen MR) is 85.9 cm³/mol. The van der Waals surface area contributed by atoms with E-state index in [1.165, 1.54) is 37.9 Å². The molecule has 4 heteroatoms. The van der Waals surface area contributed by atoms with E-state index in [1.54, 1.807) is 0 Å². The van der Waals surface area contributed by atoms with E-state index in [0.717, 1.165) is 27.3 Å². The Bertz CT molecular complexity index is 463. The van der Waals surface area contributed by atoms with Crippen LogP contribution < -0.4 is 5.73 Å². The largest absolute Gasteiger partial charge is 0.327 e. The van der Waals surface area contributed by atoms with Gasteiger partial charge in [-0.25, -0.2) is 0 Å². The van der Waals surface area contributed by atoms with Crippen molar-refractivity contribution in [1.29, 1.82) is 0 Å². The number of hydrogen-bond acceptors (Lipinski definition) is 2. The standard InChI is InChI=1S/C15H20Br2N2/c16-13-5-4-10(6-14(13)17)7-19-8-11-2-1-3-15(18)12(11)9-19/h4-6,11-12,15H,1-3,7-9,18H2. The summed E-state index contributed by atoms with van der Waals surface area (Å²) in [4.78, 5) is 2.58. The molecule has 2 nitrogen and oxygen atoms in total. The first-order valence-electron chi connectivity index (χ1n) is 7.05. The van der Waals surface area contributed by atoms with Gasteiger partial charge in [-0.05, 0) is 74.2 Å². The second-order valence-corrected chi connectivity index (χ2v) is 7.67. The van der Waals surface area contributed by atoms with E-state index in [-0.39, 0.29) is 0 Å². The third-order valence-electron chi connectivity index (χ3n) is 4.62. The Labute approximate surface area is 132 Å². The van der Waals surface area contributed by atoms with Crippen LogP contribution in [-0.2, 0) is 6.54 Å². The second-order valence-electron chi connectivity index (χ2n) is 5.96. The molecule has 3 atom stereocenters. The highest BCUT2D eigenvalue weighted by atomic mass is 79.9. The number of rotatable bonds is 2. The van der Waals surface area contributed by atoms with Gasteiger partial charge < -0.3 is 5.73 Å². The molecule has 1 heterocycles. The summed E-state index contributed by atoms with van der Waals surface area (Å²) in [6, 6.07) is 6.97. The maximum absolute atomic E-state index is 6.28. The number of benzene rings is 1. The molecular formula is C15H20Br2N2. The summed E-state index contributed by atoms with van der Waals surface area (Å²) in [7, 11) is 0. The molecule has 1 aliphatic carbocycles. The SMILES string of the molecule is NC1CCCC2CN(Cc3ccc(Br)c(Br)c3)CC12. The van der Waals surface area contributed by atoms with Gasteiger partial charge in [-0.15, -0.1) is 0 Å². The Morgan fingerprint density at radius 3 is 2.74 bits per heavy atom. The summed E-state index contributed by atoms with van der Waals surface area (Å²) in [6.45, 7) is 3.46. The Hall–Kier alpha value is 0.1000. The van der Waals surface area contributed by atoms with Crippen molar-refractivity contribution in [1.82, 2.24) is 4.90 Å². The Kier molecular flexibility index (Phi) is 4.32. The quantitative estimate of drug-likeness (QED) is 0.836. The summed E-state index contributed by atoms with van der Waals surface area (Å²) in [6.07, 6.45) is 3.91. The zero-order chi connectivity index (χ0) is 13.4. The van der Waals surface area contributed by atoms with Crippen molar-refractivity contribution in [2.24, 2.45) is 17.6 Å². The molecule has 2 aliphatic rings. The van der Waals surface area contributed by atoms with Crippen LogP contribution >= 0.6 is 31.9 Å². The van der Waals surface area contributed by atoms with E-state index in [2.05, 4.69) is 55.0 Å². The molecule has 3 unspecified atom stereocenters. The van der Waals surface area contributed by atoms with Gasteiger partial charge >= 0.3 is 0 Å². The highest BCUT2D eigenvalue weighted by molar-refractivity contribution is 9.13. The lowest BCUT2D eigenvalue weighted by atomic mass is 9.78. The van der Waals surface area contributed by atoms with Crippen LogP contribution in [0.2, 0.25) is 0 Å². The van der Waals surface area contributed by atoms with Gasteiger partial charge in [0.1, 0.15) is 0 Å². The molecule has 0 aromatic heterocycles. The van der Waals surface area contributed by atoms with E-state index >= 15 is 0 Å². The minimum atomic E-state index is 0.431. The van der Waals surface area contributed by atoms with Crippen LogP contribution in [0.3, 0.4) is 0 Å². The number of nitrogens with zero attached hydrogens (tertiary/aromatic N) is 1. The third kappa shape index (κ3) is 3.07. The average Bonchev–Trinajstić information content (AvgIpc) is 2.78. The van der Waals surface area contributed by atoms with Crippen LogP contribution in [0, 0.1) is 11.8 Å². The lowest BCUT2D eigenvalue weighted by Gasteiger charge is -2.29. The van der Waals surface area contributed by atoms with Crippen LogP contribution in [0.5, 0.6) is 0 Å². The van der Waals surface area contributed by atoms with Crippen molar-refractivity contribution in [3.8, 4) is 0 Å². The molecule has 0 bridgehead atoms. The average molecular weight is 388 g/mol. The van der Waals surface area contributed by atoms with Crippen molar-refractivity contribution in [3.05, 3.63) is 32.7 Å². The highest BCUT2D eigenvalue weighted by Crippen LogP contribution is 2.36. The molecule has 104 valence electrons. The molecule has 2 N–H and O–H groups in total. The summed E-state index contributed by atoms with van der Waals surface area (Å²) < 4.78 is 2.26. The lowest BCUT2D eigenvalue weighted by Crippen LogP contribution is -2.38. The van der Waals surface area contributed by atoms with Gasteiger partial charge in [0.15, 0.2) is 0 Å². The fourth-order valence-electron chi connectivity index (χ4n) is 3.63. The molecule has 1 aliphatic heterocycles. The normalized spacial score (nSPS) is 31.4. The Morgan fingerprint density at radius 1 is 1.16 bits per heavy atom. The topological polar surface area (TPSA) is 29.3 Å². The van der Waals surface area contributed by atoms with Gasteiger partial charge in [-0.3, -0.25) is 4.90 Å². The zero-order valence-corrected chi connectivity index (χ0v) is 14.2. The van der Waals surface area contributed by atoms with Crippen LogP contribution in [0.4, 0.5) is 0 Å². The summed E-state index contributed by atoms with van der Waals surface area (Å²) >= 11 is 7.10. The fraction of sp³-hybridized carbons (Fsp3) is 0.600. The number of likely N-dealkylation sites (tertiary alicyclic amines) is 1. The van der Waals surface area contributed by atoms with Gasteiger partial charge in [-0.2, -0.15) is 0 Å². The van der Waals surface area contributed by atoms with E-state index in [4.69, 9.17) is 5.73 Å². The smallest absolute Gasteiger partial charge is 0.0320 e. The van der Waals surface area contributed by atoms with E-state index in [1.807, 2.05) is 0 Å². The molecule has 1 saturated carbocycles. The molecule has 1 aromatic rings. The number of hydrogen-bond donors (Lipinski definition) is 1. The minimum Gasteiger partial charge on any atom is -0.327 e. The summed E-state index contributed by atoms with van der Waals surface area (Å²) in [5.41, 5.74) is 7.66. The molecule has 0 radical (unpaired) electrons. The molecule has 19 heavy (non-hydrogen) atoms. The molecule has 1 aromatic carbocycles. The maximum Gasteiger partial charge on any atom is 0.0320 e. The maximum atomic E-state index is 6.28. The lowest BCUT2D eigenvalue weighted by molar-refractivity contribution is 0.259. The van der Waals surface area contributed by atoms with Crippen molar-refractivity contribution >= 4 is 31.9 Å². The van der Waals surface area contributed by atoms with Gasteiger partial charge in [0.05, 0.1) is 0 Å². The van der Waals surface area contributed by atoms with Gasteiger partial charge in [0.25, 0.3) is 0 Å². The number of halogens is 2. The van der Waals surface area contributed by atoms with E-state index < -0.39 is 0 Å². The van der Waals surface area contributed by atoms with Gasteiger partial charge in [0, 0.05) is 34.6 Å². The molecule has 2 fully saturated rings. The summed E-state index contributed by atoms with van der Waals surface area (Å²) in [5.74, 6) is 1.57. The monoisotopic (exact) mass is 386 g/mol.